The highest BCUT2D eigenvalue weighted by atomic mass is 16.5. The number of ether oxygens (including phenoxy) is 2. The van der Waals surface area contributed by atoms with E-state index in [0.717, 1.165) is 18.0 Å². The Balaban J connectivity index is 1.69. The van der Waals surface area contributed by atoms with Crippen LogP contribution in [0.25, 0.3) is 0 Å². The minimum atomic E-state index is 0.251. The summed E-state index contributed by atoms with van der Waals surface area (Å²) in [4.78, 5) is 0. The zero-order valence-corrected chi connectivity index (χ0v) is 11.6. The van der Waals surface area contributed by atoms with Crippen LogP contribution in [-0.2, 0) is 6.54 Å². The third-order valence-electron chi connectivity index (χ3n) is 3.51. The van der Waals surface area contributed by atoms with Crippen molar-refractivity contribution in [3.05, 3.63) is 59.7 Å². The van der Waals surface area contributed by atoms with E-state index in [0.29, 0.717) is 13.2 Å². The highest BCUT2D eigenvalue weighted by molar-refractivity contribution is 5.39. The number of benzene rings is 2. The molecule has 0 amide bonds. The second-order valence-corrected chi connectivity index (χ2v) is 4.82. The number of nitrogens with one attached hydrogen (secondary N) is 1. The van der Waals surface area contributed by atoms with Gasteiger partial charge in [0.25, 0.3) is 0 Å². The Kier molecular flexibility index (Phi) is 3.88. The number of fused-ring (bicyclic) bond motifs is 1. The lowest BCUT2D eigenvalue weighted by Gasteiger charge is -2.14. The highest BCUT2D eigenvalue weighted by Gasteiger charge is 2.23. The smallest absolute Gasteiger partial charge is 0.124 e. The highest BCUT2D eigenvalue weighted by Crippen LogP contribution is 2.32. The molecule has 0 saturated carbocycles. The molecule has 0 aromatic heterocycles. The van der Waals surface area contributed by atoms with Gasteiger partial charge in [-0.3, -0.25) is 0 Å². The maximum absolute atomic E-state index is 5.68. The summed E-state index contributed by atoms with van der Waals surface area (Å²) in [5.74, 6) is 1.94. The summed E-state index contributed by atoms with van der Waals surface area (Å²) < 4.78 is 11.3. The predicted molar refractivity (Wildman–Crippen MR) is 79.1 cm³/mol. The maximum Gasteiger partial charge on any atom is 0.124 e. The Bertz CT molecular complexity index is 583. The van der Waals surface area contributed by atoms with Crippen molar-refractivity contribution in [3.63, 3.8) is 0 Å². The van der Waals surface area contributed by atoms with Crippen LogP contribution in [0.4, 0.5) is 0 Å². The second-order valence-electron chi connectivity index (χ2n) is 4.82. The lowest BCUT2D eigenvalue weighted by molar-refractivity contribution is 0.307. The summed E-state index contributed by atoms with van der Waals surface area (Å²) >= 11 is 0. The summed E-state index contributed by atoms with van der Waals surface area (Å²) in [6, 6.07) is 16.6. The largest absolute Gasteiger partial charge is 0.494 e. The molecule has 104 valence electrons. The monoisotopic (exact) mass is 269 g/mol. The van der Waals surface area contributed by atoms with Gasteiger partial charge in [0, 0.05) is 17.7 Å². The van der Waals surface area contributed by atoms with E-state index in [2.05, 4.69) is 23.5 Å². The summed E-state index contributed by atoms with van der Waals surface area (Å²) in [6.45, 7) is 4.16. The predicted octanol–water partition coefficient (Wildman–Crippen LogP) is 3.31. The Morgan fingerprint density at radius 2 is 1.95 bits per heavy atom. The molecule has 3 rings (SSSR count). The van der Waals surface area contributed by atoms with Crippen molar-refractivity contribution >= 4 is 0 Å². The molecule has 1 aliphatic rings. The van der Waals surface area contributed by atoms with E-state index in [1.807, 2.05) is 37.3 Å². The zero-order chi connectivity index (χ0) is 13.8. The molecule has 0 fully saturated rings. The van der Waals surface area contributed by atoms with E-state index in [9.17, 15) is 0 Å². The molecule has 2 aromatic carbocycles. The SMILES string of the molecule is CCOc1ccccc1CNC1COc2ccccc21. The molecule has 0 spiro atoms. The van der Waals surface area contributed by atoms with E-state index in [1.165, 1.54) is 11.1 Å². The number of para-hydroxylation sites is 2. The van der Waals surface area contributed by atoms with Gasteiger partial charge in [0.05, 0.1) is 12.6 Å². The van der Waals surface area contributed by atoms with Gasteiger partial charge >= 0.3 is 0 Å². The molecule has 2 aromatic rings. The molecular weight excluding hydrogens is 250 g/mol. The first kappa shape index (κ1) is 13.0. The molecule has 1 atom stereocenters. The molecule has 0 saturated heterocycles. The van der Waals surface area contributed by atoms with Gasteiger partial charge in [-0.05, 0) is 19.1 Å². The molecule has 1 unspecified atom stereocenters. The van der Waals surface area contributed by atoms with Crippen LogP contribution in [0.2, 0.25) is 0 Å². The minimum Gasteiger partial charge on any atom is -0.494 e. The Morgan fingerprint density at radius 3 is 2.85 bits per heavy atom. The van der Waals surface area contributed by atoms with E-state index in [-0.39, 0.29) is 6.04 Å². The third kappa shape index (κ3) is 2.63. The molecule has 0 bridgehead atoms. The van der Waals surface area contributed by atoms with Crippen LogP contribution in [-0.4, -0.2) is 13.2 Å². The summed E-state index contributed by atoms with van der Waals surface area (Å²) in [5.41, 5.74) is 2.42. The summed E-state index contributed by atoms with van der Waals surface area (Å²) in [5, 5.41) is 3.55. The van der Waals surface area contributed by atoms with E-state index in [4.69, 9.17) is 9.47 Å². The first-order valence-corrected chi connectivity index (χ1v) is 7.04. The zero-order valence-electron chi connectivity index (χ0n) is 11.6. The van der Waals surface area contributed by atoms with Gasteiger partial charge in [-0.15, -0.1) is 0 Å². The molecule has 0 aliphatic carbocycles. The van der Waals surface area contributed by atoms with Gasteiger partial charge in [0.2, 0.25) is 0 Å². The number of hydrogen-bond acceptors (Lipinski definition) is 3. The van der Waals surface area contributed by atoms with Crippen LogP contribution < -0.4 is 14.8 Å². The van der Waals surface area contributed by atoms with Crippen molar-refractivity contribution in [3.8, 4) is 11.5 Å². The van der Waals surface area contributed by atoms with Crippen LogP contribution in [0.3, 0.4) is 0 Å². The van der Waals surface area contributed by atoms with Crippen LogP contribution in [0.15, 0.2) is 48.5 Å². The van der Waals surface area contributed by atoms with Crippen molar-refractivity contribution in [2.24, 2.45) is 0 Å². The average Bonchev–Trinajstić information content (AvgIpc) is 2.90. The molecular formula is C17H19NO2. The fourth-order valence-corrected chi connectivity index (χ4v) is 2.51. The lowest BCUT2D eigenvalue weighted by atomic mass is 10.1. The Morgan fingerprint density at radius 1 is 1.15 bits per heavy atom. The normalized spacial score (nSPS) is 16.6. The summed E-state index contributed by atoms with van der Waals surface area (Å²) in [6.07, 6.45) is 0. The van der Waals surface area contributed by atoms with Crippen molar-refractivity contribution in [2.75, 3.05) is 13.2 Å². The fraction of sp³-hybridized carbons (Fsp3) is 0.294. The third-order valence-corrected chi connectivity index (χ3v) is 3.51. The molecule has 1 aliphatic heterocycles. The molecule has 3 nitrogen and oxygen atoms in total. The minimum absolute atomic E-state index is 0.251. The molecule has 1 N–H and O–H groups in total. The van der Waals surface area contributed by atoms with Crippen molar-refractivity contribution in [2.45, 2.75) is 19.5 Å². The van der Waals surface area contributed by atoms with Gasteiger partial charge in [0.15, 0.2) is 0 Å². The van der Waals surface area contributed by atoms with Crippen LogP contribution in [0.1, 0.15) is 24.1 Å². The molecule has 0 radical (unpaired) electrons. The van der Waals surface area contributed by atoms with Gasteiger partial charge in [-0.1, -0.05) is 36.4 Å². The summed E-state index contributed by atoms with van der Waals surface area (Å²) in [7, 11) is 0. The number of rotatable bonds is 5. The first-order valence-electron chi connectivity index (χ1n) is 7.04. The average molecular weight is 269 g/mol. The van der Waals surface area contributed by atoms with Crippen molar-refractivity contribution in [1.29, 1.82) is 0 Å². The molecule has 3 heteroatoms. The van der Waals surface area contributed by atoms with Crippen LogP contribution in [0.5, 0.6) is 11.5 Å². The van der Waals surface area contributed by atoms with E-state index < -0.39 is 0 Å². The Hall–Kier alpha value is -2.00. The first-order chi connectivity index (χ1) is 9.88. The van der Waals surface area contributed by atoms with Gasteiger partial charge < -0.3 is 14.8 Å². The molecule has 1 heterocycles. The maximum atomic E-state index is 5.68. The molecule has 20 heavy (non-hydrogen) atoms. The van der Waals surface area contributed by atoms with Gasteiger partial charge in [-0.25, -0.2) is 0 Å². The van der Waals surface area contributed by atoms with Crippen molar-refractivity contribution < 1.29 is 9.47 Å². The number of hydrogen-bond donors (Lipinski definition) is 1. The lowest BCUT2D eigenvalue weighted by Crippen LogP contribution is -2.22. The van der Waals surface area contributed by atoms with Crippen LogP contribution in [0, 0.1) is 0 Å². The van der Waals surface area contributed by atoms with Crippen LogP contribution >= 0.6 is 0 Å². The van der Waals surface area contributed by atoms with Gasteiger partial charge in [0.1, 0.15) is 18.1 Å². The van der Waals surface area contributed by atoms with E-state index >= 15 is 0 Å². The Labute approximate surface area is 119 Å². The van der Waals surface area contributed by atoms with Crippen molar-refractivity contribution in [1.82, 2.24) is 5.32 Å². The topological polar surface area (TPSA) is 30.5 Å². The quantitative estimate of drug-likeness (QED) is 0.903. The fourth-order valence-electron chi connectivity index (χ4n) is 2.51. The second kappa shape index (κ2) is 5.97. The standard InChI is InChI=1S/C17H19NO2/c1-2-19-16-9-5-3-7-13(16)11-18-15-12-20-17-10-6-4-8-14(15)17/h3-10,15,18H,2,11-12H2,1H3. The van der Waals surface area contributed by atoms with E-state index in [1.54, 1.807) is 0 Å². The van der Waals surface area contributed by atoms with Gasteiger partial charge in [-0.2, -0.15) is 0 Å².